The van der Waals surface area contributed by atoms with E-state index in [4.69, 9.17) is 23.1 Å². The number of nitrogens with zero attached hydrogens (tertiary/aromatic N) is 1. The lowest BCUT2D eigenvalue weighted by Crippen LogP contribution is -2.18. The van der Waals surface area contributed by atoms with Gasteiger partial charge in [-0.25, -0.2) is 0 Å². The highest BCUT2D eigenvalue weighted by atomic mass is 79.9. The van der Waals surface area contributed by atoms with E-state index in [1.54, 1.807) is 18.2 Å². The van der Waals surface area contributed by atoms with Crippen molar-refractivity contribution in [3.63, 3.8) is 0 Å². The molecule has 0 spiro atoms. The minimum atomic E-state index is -0.463. The molecule has 0 fully saturated rings. The van der Waals surface area contributed by atoms with E-state index in [1.165, 1.54) is 0 Å². The van der Waals surface area contributed by atoms with Crippen molar-refractivity contribution in [3.05, 3.63) is 57.0 Å². The number of halogens is 2. The van der Waals surface area contributed by atoms with Crippen molar-refractivity contribution in [1.82, 2.24) is 0 Å². The average Bonchev–Trinajstić information content (AvgIpc) is 2.42. The van der Waals surface area contributed by atoms with Crippen LogP contribution in [0.3, 0.4) is 0 Å². The van der Waals surface area contributed by atoms with Gasteiger partial charge in [0.05, 0.1) is 5.56 Å². The van der Waals surface area contributed by atoms with E-state index in [0.717, 1.165) is 11.3 Å². The van der Waals surface area contributed by atoms with E-state index < -0.39 is 5.91 Å². The number of rotatable bonds is 4. The summed E-state index contributed by atoms with van der Waals surface area (Å²) in [6.45, 7) is 0.603. The predicted molar refractivity (Wildman–Crippen MR) is 90.6 cm³/mol. The molecule has 6 heteroatoms. The van der Waals surface area contributed by atoms with Crippen LogP contribution in [0, 0.1) is 0 Å². The average molecular weight is 369 g/mol. The van der Waals surface area contributed by atoms with Crippen LogP contribution < -0.4 is 16.4 Å². The SMILES string of the molecule is CN(Cc1cc(N)ccc1Cl)c1ccc(C(N)=O)c(Br)c1. The van der Waals surface area contributed by atoms with Crippen molar-refractivity contribution >= 4 is 44.8 Å². The van der Waals surface area contributed by atoms with Gasteiger partial charge in [0.2, 0.25) is 5.91 Å². The Morgan fingerprint density at radius 1 is 1.29 bits per heavy atom. The molecular weight excluding hydrogens is 354 g/mol. The Morgan fingerprint density at radius 3 is 2.62 bits per heavy atom. The lowest BCUT2D eigenvalue weighted by molar-refractivity contribution is 0.0999. The van der Waals surface area contributed by atoms with Gasteiger partial charge < -0.3 is 16.4 Å². The summed E-state index contributed by atoms with van der Waals surface area (Å²) in [5.74, 6) is -0.463. The smallest absolute Gasteiger partial charge is 0.249 e. The minimum absolute atomic E-state index is 0.453. The van der Waals surface area contributed by atoms with Crippen LogP contribution in [0.25, 0.3) is 0 Å². The molecule has 0 saturated heterocycles. The monoisotopic (exact) mass is 367 g/mol. The first-order chi connectivity index (χ1) is 9.88. The maximum absolute atomic E-state index is 11.2. The maximum Gasteiger partial charge on any atom is 0.249 e. The molecule has 4 N–H and O–H groups in total. The van der Waals surface area contributed by atoms with Crippen LogP contribution in [-0.4, -0.2) is 13.0 Å². The molecule has 0 heterocycles. The van der Waals surface area contributed by atoms with E-state index in [2.05, 4.69) is 15.9 Å². The highest BCUT2D eigenvalue weighted by Crippen LogP contribution is 2.26. The number of amides is 1. The van der Waals surface area contributed by atoms with Crippen LogP contribution in [0.2, 0.25) is 5.02 Å². The lowest BCUT2D eigenvalue weighted by atomic mass is 10.1. The first kappa shape index (κ1) is 15.7. The summed E-state index contributed by atoms with van der Waals surface area (Å²) in [7, 11) is 1.94. The van der Waals surface area contributed by atoms with Crippen LogP contribution >= 0.6 is 27.5 Å². The van der Waals surface area contributed by atoms with Crippen molar-refractivity contribution in [1.29, 1.82) is 0 Å². The first-order valence-corrected chi connectivity index (χ1v) is 7.40. The molecule has 0 atom stereocenters. The number of carbonyl (C=O) groups excluding carboxylic acids is 1. The van der Waals surface area contributed by atoms with Crippen LogP contribution in [-0.2, 0) is 6.54 Å². The molecule has 4 nitrogen and oxygen atoms in total. The Morgan fingerprint density at radius 2 is 2.00 bits per heavy atom. The van der Waals surface area contributed by atoms with Crippen LogP contribution in [0.1, 0.15) is 15.9 Å². The van der Waals surface area contributed by atoms with Gasteiger partial charge in [-0.05, 0) is 57.9 Å². The van der Waals surface area contributed by atoms with Crippen LogP contribution in [0.15, 0.2) is 40.9 Å². The summed E-state index contributed by atoms with van der Waals surface area (Å²) in [5.41, 5.74) is 14.1. The lowest BCUT2D eigenvalue weighted by Gasteiger charge is -2.21. The van der Waals surface area contributed by atoms with Gasteiger partial charge in [-0.3, -0.25) is 4.79 Å². The maximum atomic E-state index is 11.2. The molecule has 0 saturated carbocycles. The fourth-order valence-electron chi connectivity index (χ4n) is 2.00. The first-order valence-electron chi connectivity index (χ1n) is 6.23. The summed E-state index contributed by atoms with van der Waals surface area (Å²) in [6, 6.07) is 10.8. The van der Waals surface area contributed by atoms with Gasteiger partial charge in [-0.2, -0.15) is 0 Å². The van der Waals surface area contributed by atoms with Gasteiger partial charge >= 0.3 is 0 Å². The van der Waals surface area contributed by atoms with Gasteiger partial charge in [0.15, 0.2) is 0 Å². The second kappa shape index (κ2) is 6.37. The second-order valence-corrected chi connectivity index (χ2v) is 6.00. The van der Waals surface area contributed by atoms with Crippen molar-refractivity contribution in [2.24, 2.45) is 5.73 Å². The van der Waals surface area contributed by atoms with Crippen LogP contribution in [0.5, 0.6) is 0 Å². The molecule has 2 aromatic carbocycles. The molecular formula is C15H15BrClN3O. The topological polar surface area (TPSA) is 72.3 Å². The Hall–Kier alpha value is -1.72. The quantitative estimate of drug-likeness (QED) is 0.812. The summed E-state index contributed by atoms with van der Waals surface area (Å²) < 4.78 is 0.665. The second-order valence-electron chi connectivity index (χ2n) is 4.74. The molecule has 2 rings (SSSR count). The number of primary amides is 1. The zero-order valence-corrected chi connectivity index (χ0v) is 13.8. The zero-order chi connectivity index (χ0) is 15.6. The van der Waals surface area contributed by atoms with Gasteiger partial charge in [0.25, 0.3) is 0 Å². The molecule has 0 unspecified atom stereocenters. The third-order valence-electron chi connectivity index (χ3n) is 3.14. The number of anilines is 2. The third kappa shape index (κ3) is 3.68. The Labute approximate surface area is 136 Å². The summed E-state index contributed by atoms with van der Waals surface area (Å²) in [6.07, 6.45) is 0. The van der Waals surface area contributed by atoms with E-state index in [-0.39, 0.29) is 0 Å². The number of nitrogens with two attached hydrogens (primary N) is 2. The highest BCUT2D eigenvalue weighted by molar-refractivity contribution is 9.10. The zero-order valence-electron chi connectivity index (χ0n) is 11.4. The molecule has 2 aromatic rings. The highest BCUT2D eigenvalue weighted by Gasteiger charge is 2.10. The molecule has 0 bridgehead atoms. The van der Waals surface area contributed by atoms with Gasteiger partial charge in [-0.1, -0.05) is 11.6 Å². The normalized spacial score (nSPS) is 10.4. The summed E-state index contributed by atoms with van der Waals surface area (Å²) >= 11 is 9.53. The third-order valence-corrected chi connectivity index (χ3v) is 4.16. The number of hydrogen-bond donors (Lipinski definition) is 2. The Kier molecular flexibility index (Phi) is 4.75. The largest absolute Gasteiger partial charge is 0.399 e. The standard InChI is InChI=1S/C15H15BrClN3O/c1-20(8-9-6-10(18)2-5-14(9)17)11-3-4-12(15(19)21)13(16)7-11/h2-7H,8,18H2,1H3,(H2,19,21). The van der Waals surface area contributed by atoms with E-state index in [0.29, 0.717) is 27.3 Å². The fraction of sp³-hybridized carbons (Fsp3) is 0.133. The van der Waals surface area contributed by atoms with E-state index in [9.17, 15) is 4.79 Å². The molecule has 0 aliphatic carbocycles. The Balaban J connectivity index is 2.24. The molecule has 21 heavy (non-hydrogen) atoms. The predicted octanol–water partition coefficient (Wildman–Crippen LogP) is 3.42. The van der Waals surface area contributed by atoms with Gasteiger partial charge in [0, 0.05) is 34.5 Å². The molecule has 1 amide bonds. The number of hydrogen-bond acceptors (Lipinski definition) is 3. The van der Waals surface area contributed by atoms with E-state index in [1.807, 2.05) is 30.1 Å². The van der Waals surface area contributed by atoms with Crippen molar-refractivity contribution in [3.8, 4) is 0 Å². The summed E-state index contributed by atoms with van der Waals surface area (Å²) in [5, 5.41) is 0.670. The summed E-state index contributed by atoms with van der Waals surface area (Å²) in [4.78, 5) is 13.2. The molecule has 0 radical (unpaired) electrons. The van der Waals surface area contributed by atoms with Crippen LogP contribution in [0.4, 0.5) is 11.4 Å². The Bertz CT molecular complexity index is 691. The molecule has 110 valence electrons. The van der Waals surface area contributed by atoms with Crippen molar-refractivity contribution < 1.29 is 4.79 Å². The van der Waals surface area contributed by atoms with Gasteiger partial charge in [0.1, 0.15) is 0 Å². The fourth-order valence-corrected chi connectivity index (χ4v) is 2.74. The number of nitrogen functional groups attached to an aromatic ring is 1. The van der Waals surface area contributed by atoms with Crippen molar-refractivity contribution in [2.45, 2.75) is 6.54 Å². The van der Waals surface area contributed by atoms with E-state index >= 15 is 0 Å². The van der Waals surface area contributed by atoms with Crippen molar-refractivity contribution in [2.75, 3.05) is 17.7 Å². The molecule has 0 aromatic heterocycles. The minimum Gasteiger partial charge on any atom is -0.399 e. The number of carbonyl (C=O) groups is 1. The number of benzene rings is 2. The van der Waals surface area contributed by atoms with Gasteiger partial charge in [-0.15, -0.1) is 0 Å². The molecule has 0 aliphatic heterocycles. The molecule has 0 aliphatic rings.